The van der Waals surface area contributed by atoms with Crippen LogP contribution in [0.15, 0.2) is 48.5 Å². The SMILES string of the molecule is O=C(NCCNc1nc2ccccc2[nH]1)c1ccc(F)cc1. The number of para-hydroxylation sites is 2. The van der Waals surface area contributed by atoms with E-state index in [-0.39, 0.29) is 11.7 Å². The molecule has 0 unspecified atom stereocenters. The highest BCUT2D eigenvalue weighted by molar-refractivity contribution is 5.94. The Morgan fingerprint density at radius 2 is 1.86 bits per heavy atom. The number of hydrogen-bond donors (Lipinski definition) is 3. The van der Waals surface area contributed by atoms with Gasteiger partial charge in [-0.2, -0.15) is 0 Å². The largest absolute Gasteiger partial charge is 0.354 e. The van der Waals surface area contributed by atoms with Crippen molar-refractivity contribution < 1.29 is 9.18 Å². The number of carbonyl (C=O) groups excluding carboxylic acids is 1. The Kier molecular flexibility index (Phi) is 4.00. The molecule has 22 heavy (non-hydrogen) atoms. The number of benzene rings is 2. The average molecular weight is 298 g/mol. The second-order valence-electron chi connectivity index (χ2n) is 4.79. The fraction of sp³-hybridized carbons (Fsp3) is 0.125. The number of nitrogens with one attached hydrogen (secondary N) is 3. The maximum atomic E-state index is 12.8. The molecule has 3 rings (SSSR count). The fourth-order valence-corrected chi connectivity index (χ4v) is 2.10. The summed E-state index contributed by atoms with van der Waals surface area (Å²) in [5.41, 5.74) is 2.28. The number of fused-ring (bicyclic) bond motifs is 1. The van der Waals surface area contributed by atoms with E-state index >= 15 is 0 Å². The lowest BCUT2D eigenvalue weighted by atomic mass is 10.2. The van der Waals surface area contributed by atoms with Gasteiger partial charge >= 0.3 is 0 Å². The van der Waals surface area contributed by atoms with Gasteiger partial charge in [-0.1, -0.05) is 12.1 Å². The third-order valence-corrected chi connectivity index (χ3v) is 3.20. The Morgan fingerprint density at radius 1 is 1.09 bits per heavy atom. The summed E-state index contributed by atoms with van der Waals surface area (Å²) in [6.45, 7) is 0.972. The van der Waals surface area contributed by atoms with E-state index in [0.29, 0.717) is 24.6 Å². The first kappa shape index (κ1) is 14.1. The second-order valence-corrected chi connectivity index (χ2v) is 4.79. The molecular formula is C16H15FN4O. The van der Waals surface area contributed by atoms with E-state index in [1.807, 2.05) is 24.3 Å². The van der Waals surface area contributed by atoms with Gasteiger partial charge in [0.05, 0.1) is 11.0 Å². The first-order chi connectivity index (χ1) is 10.7. The number of aromatic nitrogens is 2. The number of amides is 1. The molecule has 1 aromatic heterocycles. The van der Waals surface area contributed by atoms with Gasteiger partial charge in [-0.15, -0.1) is 0 Å². The van der Waals surface area contributed by atoms with Crippen molar-refractivity contribution >= 4 is 22.9 Å². The minimum atomic E-state index is -0.358. The van der Waals surface area contributed by atoms with Crippen molar-refractivity contribution in [2.75, 3.05) is 18.4 Å². The third-order valence-electron chi connectivity index (χ3n) is 3.20. The van der Waals surface area contributed by atoms with Crippen molar-refractivity contribution in [3.8, 4) is 0 Å². The number of rotatable bonds is 5. The molecule has 0 aliphatic carbocycles. The molecule has 2 aromatic carbocycles. The summed E-state index contributed by atoms with van der Waals surface area (Å²) in [6, 6.07) is 13.2. The van der Waals surface area contributed by atoms with Crippen molar-refractivity contribution in [1.82, 2.24) is 15.3 Å². The lowest BCUT2D eigenvalue weighted by Crippen LogP contribution is -2.28. The van der Waals surface area contributed by atoms with Gasteiger partial charge in [-0.25, -0.2) is 9.37 Å². The van der Waals surface area contributed by atoms with Gasteiger partial charge in [0, 0.05) is 18.7 Å². The molecule has 1 heterocycles. The van der Waals surface area contributed by atoms with Gasteiger partial charge in [0.2, 0.25) is 5.95 Å². The van der Waals surface area contributed by atoms with Gasteiger partial charge in [0.15, 0.2) is 0 Å². The standard InChI is InChI=1S/C16H15FN4O/c17-12-7-5-11(6-8-12)15(22)18-9-10-19-16-20-13-3-1-2-4-14(13)21-16/h1-8H,9-10H2,(H,18,22)(H2,19,20,21). The highest BCUT2D eigenvalue weighted by atomic mass is 19.1. The lowest BCUT2D eigenvalue weighted by Gasteiger charge is -2.06. The van der Waals surface area contributed by atoms with Crippen LogP contribution in [0.1, 0.15) is 10.4 Å². The Bertz CT molecular complexity index is 749. The predicted octanol–water partition coefficient (Wildman–Crippen LogP) is 2.54. The summed E-state index contributed by atoms with van der Waals surface area (Å²) in [5.74, 6) is 0.0757. The summed E-state index contributed by atoms with van der Waals surface area (Å²) in [7, 11) is 0. The molecule has 0 fully saturated rings. The summed E-state index contributed by atoms with van der Waals surface area (Å²) in [5, 5.41) is 5.87. The van der Waals surface area contributed by atoms with Gasteiger partial charge in [0.25, 0.3) is 5.91 Å². The highest BCUT2D eigenvalue weighted by Gasteiger charge is 2.05. The van der Waals surface area contributed by atoms with Crippen LogP contribution < -0.4 is 10.6 Å². The number of imidazole rings is 1. The molecule has 0 atom stereocenters. The minimum absolute atomic E-state index is 0.230. The van der Waals surface area contributed by atoms with Crippen molar-refractivity contribution in [2.24, 2.45) is 0 Å². The van der Waals surface area contributed by atoms with E-state index < -0.39 is 0 Å². The number of hydrogen-bond acceptors (Lipinski definition) is 3. The molecule has 5 nitrogen and oxygen atoms in total. The highest BCUT2D eigenvalue weighted by Crippen LogP contribution is 2.12. The molecule has 0 bridgehead atoms. The predicted molar refractivity (Wildman–Crippen MR) is 83.3 cm³/mol. The maximum absolute atomic E-state index is 12.8. The van der Waals surface area contributed by atoms with Gasteiger partial charge in [0.1, 0.15) is 5.82 Å². The topological polar surface area (TPSA) is 69.8 Å². The van der Waals surface area contributed by atoms with Crippen LogP contribution in [0.3, 0.4) is 0 Å². The molecule has 0 spiro atoms. The quantitative estimate of drug-likeness (QED) is 0.634. The van der Waals surface area contributed by atoms with Crippen LogP contribution in [0.5, 0.6) is 0 Å². The number of H-pyrrole nitrogens is 1. The van der Waals surface area contributed by atoms with Crippen LogP contribution in [-0.2, 0) is 0 Å². The van der Waals surface area contributed by atoms with Crippen LogP contribution in [0.4, 0.5) is 10.3 Å². The first-order valence-corrected chi connectivity index (χ1v) is 6.95. The van der Waals surface area contributed by atoms with E-state index in [1.165, 1.54) is 24.3 Å². The summed E-state index contributed by atoms with van der Waals surface area (Å²) < 4.78 is 12.8. The number of carbonyl (C=O) groups is 1. The smallest absolute Gasteiger partial charge is 0.251 e. The average Bonchev–Trinajstić information content (AvgIpc) is 2.95. The molecular weight excluding hydrogens is 283 g/mol. The van der Waals surface area contributed by atoms with Crippen molar-refractivity contribution in [2.45, 2.75) is 0 Å². The molecule has 0 saturated heterocycles. The van der Waals surface area contributed by atoms with Gasteiger partial charge in [-0.3, -0.25) is 4.79 Å². The Morgan fingerprint density at radius 3 is 2.64 bits per heavy atom. The number of aromatic amines is 1. The van der Waals surface area contributed by atoms with E-state index in [0.717, 1.165) is 11.0 Å². The second kappa shape index (κ2) is 6.26. The Labute approximate surface area is 126 Å². The number of halogens is 1. The molecule has 0 aliphatic heterocycles. The number of nitrogens with zero attached hydrogens (tertiary/aromatic N) is 1. The van der Waals surface area contributed by atoms with E-state index in [4.69, 9.17) is 0 Å². The van der Waals surface area contributed by atoms with Crippen LogP contribution in [-0.4, -0.2) is 29.0 Å². The van der Waals surface area contributed by atoms with Crippen molar-refractivity contribution in [1.29, 1.82) is 0 Å². The van der Waals surface area contributed by atoms with E-state index in [2.05, 4.69) is 20.6 Å². The first-order valence-electron chi connectivity index (χ1n) is 6.95. The molecule has 1 amide bonds. The van der Waals surface area contributed by atoms with Gasteiger partial charge in [-0.05, 0) is 36.4 Å². The zero-order valence-electron chi connectivity index (χ0n) is 11.8. The monoisotopic (exact) mass is 298 g/mol. The molecule has 3 N–H and O–H groups in total. The number of anilines is 1. The van der Waals surface area contributed by atoms with Crippen LogP contribution in [0.2, 0.25) is 0 Å². The normalized spacial score (nSPS) is 10.6. The molecule has 3 aromatic rings. The van der Waals surface area contributed by atoms with Gasteiger partial charge < -0.3 is 15.6 Å². The zero-order valence-corrected chi connectivity index (χ0v) is 11.8. The molecule has 0 radical (unpaired) electrons. The molecule has 112 valence electrons. The summed E-state index contributed by atoms with van der Waals surface area (Å²) in [6.07, 6.45) is 0. The van der Waals surface area contributed by atoms with Crippen molar-refractivity contribution in [3.63, 3.8) is 0 Å². The Hall–Kier alpha value is -2.89. The van der Waals surface area contributed by atoms with Crippen LogP contribution in [0, 0.1) is 5.82 Å². The summed E-state index contributed by atoms with van der Waals surface area (Å²) in [4.78, 5) is 19.3. The van der Waals surface area contributed by atoms with E-state index in [1.54, 1.807) is 0 Å². The Balaban J connectivity index is 1.49. The molecule has 6 heteroatoms. The zero-order chi connectivity index (χ0) is 15.4. The van der Waals surface area contributed by atoms with Crippen LogP contribution in [0.25, 0.3) is 11.0 Å². The fourth-order valence-electron chi connectivity index (χ4n) is 2.10. The summed E-state index contributed by atoms with van der Waals surface area (Å²) >= 11 is 0. The van der Waals surface area contributed by atoms with Crippen LogP contribution >= 0.6 is 0 Å². The molecule has 0 aliphatic rings. The lowest BCUT2D eigenvalue weighted by molar-refractivity contribution is 0.0955. The van der Waals surface area contributed by atoms with E-state index in [9.17, 15) is 9.18 Å². The minimum Gasteiger partial charge on any atom is -0.354 e. The van der Waals surface area contributed by atoms with Crippen molar-refractivity contribution in [3.05, 3.63) is 59.9 Å². The third kappa shape index (κ3) is 3.22. The maximum Gasteiger partial charge on any atom is 0.251 e. The molecule has 0 saturated carbocycles.